The lowest BCUT2D eigenvalue weighted by Gasteiger charge is -2.54. The monoisotopic (exact) mass is 404 g/mol. The first kappa shape index (κ1) is 20.2. The molecule has 0 spiro atoms. The fourth-order valence-electron chi connectivity index (χ4n) is 4.31. The van der Waals surface area contributed by atoms with E-state index in [9.17, 15) is 8.42 Å². The summed E-state index contributed by atoms with van der Waals surface area (Å²) in [5, 5.41) is 6.78. The van der Waals surface area contributed by atoms with Crippen LogP contribution in [-0.2, 0) is 14.8 Å². The van der Waals surface area contributed by atoms with E-state index in [1.807, 2.05) is 18.7 Å². The molecule has 1 saturated carbocycles. The van der Waals surface area contributed by atoms with Gasteiger partial charge in [-0.25, -0.2) is 12.7 Å². The molecule has 0 aromatic carbocycles. The van der Waals surface area contributed by atoms with E-state index in [1.54, 1.807) is 4.31 Å². The predicted octanol–water partition coefficient (Wildman–Crippen LogP) is 0.734. The van der Waals surface area contributed by atoms with Gasteiger partial charge in [0.05, 0.1) is 18.4 Å². The Bertz CT molecular complexity index is 617. The summed E-state index contributed by atoms with van der Waals surface area (Å²) in [6.45, 7) is 9.56. The molecule has 2 aliphatic heterocycles. The molecule has 26 heavy (non-hydrogen) atoms. The maximum atomic E-state index is 12.5. The van der Waals surface area contributed by atoms with Crippen LogP contribution in [0.2, 0.25) is 0 Å². The third-order valence-corrected chi connectivity index (χ3v) is 8.51. The number of ether oxygens (including phenoxy) is 1. The topological polar surface area (TPSA) is 83.0 Å². The van der Waals surface area contributed by atoms with E-state index in [4.69, 9.17) is 4.74 Å². The van der Waals surface area contributed by atoms with Crippen LogP contribution in [-0.4, -0.2) is 80.9 Å². The lowest BCUT2D eigenvalue weighted by atomic mass is 9.57. The van der Waals surface area contributed by atoms with Crippen molar-refractivity contribution in [3.63, 3.8) is 0 Å². The number of guanidine groups is 1. The van der Waals surface area contributed by atoms with Gasteiger partial charge in [-0.15, -0.1) is 0 Å². The van der Waals surface area contributed by atoms with Crippen molar-refractivity contribution in [3.8, 4) is 0 Å². The molecule has 2 saturated heterocycles. The highest BCUT2D eigenvalue weighted by atomic mass is 32.2. The van der Waals surface area contributed by atoms with Crippen LogP contribution in [0.5, 0.6) is 0 Å². The SMILES string of the molecule is CCNC(=NCCS(=O)(=O)N1CCSCC1)NC1C2CCOC2C1(C)C. The molecule has 0 aromatic heterocycles. The minimum Gasteiger partial charge on any atom is -0.377 e. The van der Waals surface area contributed by atoms with Gasteiger partial charge in [0.2, 0.25) is 10.0 Å². The van der Waals surface area contributed by atoms with Gasteiger partial charge in [0.25, 0.3) is 0 Å². The van der Waals surface area contributed by atoms with Crippen molar-refractivity contribution in [3.05, 3.63) is 0 Å². The highest BCUT2D eigenvalue weighted by Gasteiger charge is 2.59. The average Bonchev–Trinajstić information content (AvgIpc) is 3.07. The third-order valence-electron chi connectivity index (χ3n) is 5.72. The van der Waals surface area contributed by atoms with Gasteiger partial charge in [0, 0.05) is 55.1 Å². The Hall–Kier alpha value is -0.510. The fourth-order valence-corrected chi connectivity index (χ4v) is 6.76. The zero-order chi connectivity index (χ0) is 18.8. The van der Waals surface area contributed by atoms with Gasteiger partial charge < -0.3 is 15.4 Å². The van der Waals surface area contributed by atoms with Gasteiger partial charge in [-0.1, -0.05) is 13.8 Å². The molecule has 0 radical (unpaired) electrons. The Morgan fingerprint density at radius 1 is 1.35 bits per heavy atom. The van der Waals surface area contributed by atoms with Crippen LogP contribution in [0.1, 0.15) is 27.2 Å². The van der Waals surface area contributed by atoms with Crippen molar-refractivity contribution in [2.45, 2.75) is 39.3 Å². The first-order valence-electron chi connectivity index (χ1n) is 9.58. The van der Waals surface area contributed by atoms with Crippen LogP contribution in [0.25, 0.3) is 0 Å². The molecule has 3 aliphatic rings. The zero-order valence-corrected chi connectivity index (χ0v) is 17.7. The zero-order valence-electron chi connectivity index (χ0n) is 16.0. The van der Waals surface area contributed by atoms with E-state index in [1.165, 1.54) is 0 Å². The van der Waals surface area contributed by atoms with Gasteiger partial charge >= 0.3 is 0 Å². The number of aliphatic imine (C=N–C) groups is 1. The van der Waals surface area contributed by atoms with Crippen LogP contribution < -0.4 is 10.6 Å². The summed E-state index contributed by atoms with van der Waals surface area (Å²) in [5.74, 6) is 3.06. The second-order valence-corrected chi connectivity index (χ2v) is 11.1. The molecule has 2 N–H and O–H groups in total. The molecular weight excluding hydrogens is 372 g/mol. The summed E-state index contributed by atoms with van der Waals surface area (Å²) in [6, 6.07) is 0.309. The van der Waals surface area contributed by atoms with Gasteiger partial charge in [0.1, 0.15) is 0 Å². The molecule has 7 nitrogen and oxygen atoms in total. The van der Waals surface area contributed by atoms with Crippen molar-refractivity contribution in [1.82, 2.24) is 14.9 Å². The number of fused-ring (bicyclic) bond motifs is 1. The Morgan fingerprint density at radius 3 is 2.77 bits per heavy atom. The van der Waals surface area contributed by atoms with Crippen LogP contribution in [0.15, 0.2) is 4.99 Å². The first-order valence-corrected chi connectivity index (χ1v) is 12.3. The summed E-state index contributed by atoms with van der Waals surface area (Å²) in [7, 11) is -3.21. The molecule has 9 heteroatoms. The number of sulfonamides is 1. The molecule has 3 fully saturated rings. The number of hydrogen-bond donors (Lipinski definition) is 2. The number of thioether (sulfide) groups is 1. The van der Waals surface area contributed by atoms with Crippen LogP contribution in [0.4, 0.5) is 0 Å². The predicted molar refractivity (Wildman–Crippen MR) is 107 cm³/mol. The molecule has 0 amide bonds. The van der Waals surface area contributed by atoms with E-state index in [0.717, 1.165) is 31.1 Å². The van der Waals surface area contributed by atoms with Crippen LogP contribution in [0.3, 0.4) is 0 Å². The Kier molecular flexibility index (Phi) is 6.41. The summed E-state index contributed by atoms with van der Waals surface area (Å²) >= 11 is 1.81. The van der Waals surface area contributed by atoms with Crippen molar-refractivity contribution in [1.29, 1.82) is 0 Å². The normalized spacial score (nSPS) is 32.0. The van der Waals surface area contributed by atoms with Crippen molar-refractivity contribution in [2.24, 2.45) is 16.3 Å². The largest absolute Gasteiger partial charge is 0.377 e. The molecule has 150 valence electrons. The Morgan fingerprint density at radius 2 is 2.08 bits per heavy atom. The molecule has 3 unspecified atom stereocenters. The summed E-state index contributed by atoms with van der Waals surface area (Å²) in [6.07, 6.45) is 1.40. The molecule has 1 aliphatic carbocycles. The molecule has 3 atom stereocenters. The molecule has 0 bridgehead atoms. The maximum Gasteiger partial charge on any atom is 0.215 e. The number of hydrogen-bond acceptors (Lipinski definition) is 5. The maximum absolute atomic E-state index is 12.5. The summed E-state index contributed by atoms with van der Waals surface area (Å²) in [5.41, 5.74) is 0.0644. The number of nitrogens with one attached hydrogen (secondary N) is 2. The lowest BCUT2D eigenvalue weighted by molar-refractivity contribution is -0.106. The van der Waals surface area contributed by atoms with Crippen molar-refractivity contribution < 1.29 is 13.2 Å². The van der Waals surface area contributed by atoms with E-state index in [-0.39, 0.29) is 17.7 Å². The lowest BCUT2D eigenvalue weighted by Crippen LogP contribution is -2.68. The number of rotatable bonds is 6. The minimum atomic E-state index is -3.21. The Balaban J connectivity index is 1.57. The van der Waals surface area contributed by atoms with E-state index in [2.05, 4.69) is 29.5 Å². The van der Waals surface area contributed by atoms with Crippen LogP contribution >= 0.6 is 11.8 Å². The molecule has 3 rings (SSSR count). The minimum absolute atomic E-state index is 0.0644. The number of nitrogens with zero attached hydrogens (tertiary/aromatic N) is 2. The fraction of sp³-hybridized carbons (Fsp3) is 0.941. The summed E-state index contributed by atoms with van der Waals surface area (Å²) < 4.78 is 32.4. The van der Waals surface area contributed by atoms with Crippen molar-refractivity contribution >= 4 is 27.7 Å². The van der Waals surface area contributed by atoms with Gasteiger partial charge in [-0.05, 0) is 13.3 Å². The summed E-state index contributed by atoms with van der Waals surface area (Å²) in [4.78, 5) is 4.54. The van der Waals surface area contributed by atoms with Gasteiger partial charge in [0.15, 0.2) is 5.96 Å². The average molecular weight is 405 g/mol. The van der Waals surface area contributed by atoms with Gasteiger partial charge in [-0.2, -0.15) is 11.8 Å². The van der Waals surface area contributed by atoms with E-state index in [0.29, 0.717) is 37.1 Å². The quantitative estimate of drug-likeness (QED) is 0.502. The second-order valence-electron chi connectivity index (χ2n) is 7.78. The van der Waals surface area contributed by atoms with Crippen LogP contribution in [0, 0.1) is 11.3 Å². The third kappa shape index (κ3) is 4.15. The van der Waals surface area contributed by atoms with Gasteiger partial charge in [-0.3, -0.25) is 4.99 Å². The molecule has 2 heterocycles. The standard InChI is InChI=1S/C17H32N4O3S2/c1-4-18-16(20-14-13-5-9-24-15(13)17(14,2)3)19-6-12-26(22,23)21-7-10-25-11-8-21/h13-15H,4-12H2,1-3H3,(H2,18,19,20). The van der Waals surface area contributed by atoms with E-state index < -0.39 is 10.0 Å². The smallest absolute Gasteiger partial charge is 0.215 e. The highest BCUT2D eigenvalue weighted by molar-refractivity contribution is 7.99. The first-order chi connectivity index (χ1) is 12.4. The highest BCUT2D eigenvalue weighted by Crippen LogP contribution is 2.52. The second kappa shape index (κ2) is 8.24. The van der Waals surface area contributed by atoms with Crippen molar-refractivity contribution in [2.75, 3.05) is 50.0 Å². The molecule has 0 aromatic rings. The Labute approximate surface area is 161 Å². The molecular formula is C17H32N4O3S2. The van der Waals surface area contributed by atoms with E-state index >= 15 is 0 Å².